The molecule has 164 valence electrons. The maximum Gasteiger partial charge on any atom is 0.225 e. The molecule has 0 saturated carbocycles. The number of nitrogens with zero attached hydrogens (tertiary/aromatic N) is 5. The Morgan fingerprint density at radius 2 is 1.73 bits per heavy atom. The van der Waals surface area contributed by atoms with Crippen molar-refractivity contribution >= 4 is 27.5 Å². The fraction of sp³-hybridized carbons (Fsp3) is 0.308. The number of rotatable bonds is 3. The van der Waals surface area contributed by atoms with Gasteiger partial charge in [0.15, 0.2) is 0 Å². The summed E-state index contributed by atoms with van der Waals surface area (Å²) in [5, 5.41) is 12.8. The van der Waals surface area contributed by atoms with Crippen LogP contribution in [0.1, 0.15) is 18.4 Å². The quantitative estimate of drug-likeness (QED) is 0.484. The summed E-state index contributed by atoms with van der Waals surface area (Å²) in [7, 11) is 0. The highest BCUT2D eigenvalue weighted by Crippen LogP contribution is 2.35. The summed E-state index contributed by atoms with van der Waals surface area (Å²) >= 11 is 1.64. The van der Waals surface area contributed by atoms with Crippen molar-refractivity contribution in [3.63, 3.8) is 0 Å². The first-order valence-corrected chi connectivity index (χ1v) is 12.3. The minimum Gasteiger partial charge on any atom is -0.341 e. The number of benzene rings is 2. The van der Waals surface area contributed by atoms with E-state index in [-0.39, 0.29) is 0 Å². The van der Waals surface area contributed by atoms with Gasteiger partial charge in [-0.05, 0) is 67.6 Å². The van der Waals surface area contributed by atoms with E-state index in [1.165, 1.54) is 17.5 Å². The van der Waals surface area contributed by atoms with E-state index in [9.17, 15) is 5.26 Å². The summed E-state index contributed by atoms with van der Waals surface area (Å²) in [5.74, 6) is 2.31. The van der Waals surface area contributed by atoms with Crippen LogP contribution in [0.15, 0.2) is 54.2 Å². The van der Waals surface area contributed by atoms with Crippen molar-refractivity contribution in [3.05, 3.63) is 59.7 Å². The van der Waals surface area contributed by atoms with Gasteiger partial charge in [0.05, 0.1) is 33.1 Å². The lowest BCUT2D eigenvalue weighted by molar-refractivity contribution is 0.409. The molecule has 4 heterocycles. The monoisotopic (exact) mass is 452 g/mol. The minimum absolute atomic E-state index is 0.645. The molecule has 2 fully saturated rings. The fourth-order valence-electron chi connectivity index (χ4n) is 5.10. The summed E-state index contributed by atoms with van der Waals surface area (Å²) in [5.41, 5.74) is 7.42. The lowest BCUT2D eigenvalue weighted by Crippen LogP contribution is -2.27. The van der Waals surface area contributed by atoms with Gasteiger partial charge in [-0.3, -0.25) is 0 Å². The average Bonchev–Trinajstić information content (AvgIpc) is 3.48. The third-order valence-corrected chi connectivity index (χ3v) is 7.82. The molecule has 0 radical (unpaired) electrons. The van der Waals surface area contributed by atoms with Gasteiger partial charge in [-0.25, -0.2) is 15.0 Å². The van der Waals surface area contributed by atoms with Crippen molar-refractivity contribution < 1.29 is 0 Å². The number of nitrogens with one attached hydrogen (secondary N) is 1. The molecular weight excluding hydrogens is 428 g/mol. The number of anilines is 1. The molecule has 2 aromatic heterocycles. The molecule has 33 heavy (non-hydrogen) atoms. The molecule has 0 spiro atoms. The van der Waals surface area contributed by atoms with Crippen molar-refractivity contribution in [3.8, 4) is 28.5 Å². The zero-order chi connectivity index (χ0) is 22.2. The number of nitriles is 1. The Morgan fingerprint density at radius 3 is 2.48 bits per heavy atom. The minimum atomic E-state index is 0.645. The first-order chi connectivity index (χ1) is 16.3. The van der Waals surface area contributed by atoms with Crippen LogP contribution in [-0.2, 0) is 0 Å². The van der Waals surface area contributed by atoms with Crippen LogP contribution in [0.4, 0.5) is 5.95 Å². The average molecular weight is 453 g/mol. The van der Waals surface area contributed by atoms with Crippen LogP contribution in [0.3, 0.4) is 0 Å². The predicted molar refractivity (Wildman–Crippen MR) is 132 cm³/mol. The Labute approximate surface area is 197 Å². The third kappa shape index (κ3) is 3.86. The predicted octanol–water partition coefficient (Wildman–Crippen LogP) is 4.73. The van der Waals surface area contributed by atoms with Crippen molar-refractivity contribution in [2.45, 2.75) is 12.8 Å². The summed E-state index contributed by atoms with van der Waals surface area (Å²) < 4.78 is 1.17. The molecule has 2 aliphatic rings. The van der Waals surface area contributed by atoms with Gasteiger partial charge in [-0.1, -0.05) is 18.2 Å². The van der Waals surface area contributed by atoms with E-state index < -0.39 is 0 Å². The van der Waals surface area contributed by atoms with E-state index in [0.29, 0.717) is 5.56 Å². The van der Waals surface area contributed by atoms with Gasteiger partial charge in [0.2, 0.25) is 5.95 Å². The van der Waals surface area contributed by atoms with E-state index in [1.54, 1.807) is 11.3 Å². The number of thiazole rings is 1. The van der Waals surface area contributed by atoms with Crippen LogP contribution < -0.4 is 10.2 Å². The number of aromatic nitrogens is 3. The molecular formula is C26H24N6S. The van der Waals surface area contributed by atoms with E-state index in [4.69, 9.17) is 9.97 Å². The normalized spacial score (nSPS) is 20.4. The van der Waals surface area contributed by atoms with Crippen molar-refractivity contribution in [1.29, 1.82) is 5.26 Å². The van der Waals surface area contributed by atoms with Gasteiger partial charge in [0.25, 0.3) is 0 Å². The summed E-state index contributed by atoms with van der Waals surface area (Å²) in [6, 6.07) is 16.2. The lowest BCUT2D eigenvalue weighted by atomic mass is 9.92. The van der Waals surface area contributed by atoms with Gasteiger partial charge in [-0.15, -0.1) is 11.3 Å². The molecule has 0 amide bonds. The van der Waals surface area contributed by atoms with E-state index in [1.807, 2.05) is 36.0 Å². The Morgan fingerprint density at radius 1 is 0.970 bits per heavy atom. The Kier molecular flexibility index (Phi) is 5.25. The molecule has 6 nitrogen and oxygen atoms in total. The number of hydrogen-bond donors (Lipinski definition) is 1. The maximum absolute atomic E-state index is 9.23. The van der Waals surface area contributed by atoms with Gasteiger partial charge in [-0.2, -0.15) is 5.26 Å². The first-order valence-electron chi connectivity index (χ1n) is 11.5. The van der Waals surface area contributed by atoms with Gasteiger partial charge < -0.3 is 10.2 Å². The van der Waals surface area contributed by atoms with E-state index in [2.05, 4.69) is 39.5 Å². The zero-order valence-corrected chi connectivity index (χ0v) is 19.1. The highest BCUT2D eigenvalue weighted by Gasteiger charge is 2.31. The van der Waals surface area contributed by atoms with Crippen molar-refractivity contribution in [2.24, 2.45) is 11.8 Å². The summed E-state index contributed by atoms with van der Waals surface area (Å²) in [6.07, 6.45) is 4.31. The second-order valence-electron chi connectivity index (χ2n) is 8.90. The highest BCUT2D eigenvalue weighted by molar-refractivity contribution is 7.16. The highest BCUT2D eigenvalue weighted by atomic mass is 32.1. The molecule has 2 saturated heterocycles. The summed E-state index contributed by atoms with van der Waals surface area (Å²) in [6.45, 7) is 4.24. The van der Waals surface area contributed by atoms with E-state index in [0.717, 1.165) is 71.9 Å². The van der Waals surface area contributed by atoms with Crippen LogP contribution in [-0.4, -0.2) is 41.1 Å². The van der Waals surface area contributed by atoms with E-state index >= 15 is 0 Å². The van der Waals surface area contributed by atoms with Gasteiger partial charge >= 0.3 is 0 Å². The Bertz CT molecular complexity index is 1330. The van der Waals surface area contributed by atoms with Crippen LogP contribution in [0, 0.1) is 23.2 Å². The molecule has 0 aliphatic carbocycles. The van der Waals surface area contributed by atoms with Crippen LogP contribution in [0.25, 0.3) is 32.6 Å². The molecule has 4 aromatic rings. The molecule has 0 bridgehead atoms. The smallest absolute Gasteiger partial charge is 0.225 e. The second-order valence-corrected chi connectivity index (χ2v) is 9.79. The van der Waals surface area contributed by atoms with Crippen molar-refractivity contribution in [2.75, 3.05) is 31.1 Å². The zero-order valence-electron chi connectivity index (χ0n) is 18.2. The second kappa shape index (κ2) is 8.54. The Balaban J connectivity index is 1.41. The molecule has 7 heteroatoms. The molecule has 6 rings (SSSR count). The summed E-state index contributed by atoms with van der Waals surface area (Å²) in [4.78, 5) is 16.8. The van der Waals surface area contributed by atoms with Crippen molar-refractivity contribution in [1.82, 2.24) is 20.3 Å². The molecule has 1 N–H and O–H groups in total. The number of hydrogen-bond acceptors (Lipinski definition) is 7. The third-order valence-electron chi connectivity index (χ3n) is 7.01. The number of fused-ring (bicyclic) bond motifs is 2. The maximum atomic E-state index is 9.23. The van der Waals surface area contributed by atoms with Gasteiger partial charge in [0, 0.05) is 30.4 Å². The van der Waals surface area contributed by atoms with Gasteiger partial charge in [0.1, 0.15) is 0 Å². The molecule has 2 aromatic carbocycles. The standard InChI is InChI=1S/C26H24N6S/c27-12-17-1-3-18(4-2-17)25-22(19-5-6-24-23(11-19)30-16-33-24)15-29-26(31-25)32-9-7-20-13-28-14-21(20)8-10-32/h1-6,11,15-16,20-21,28H,7-10,13-14H2. The first kappa shape index (κ1) is 20.3. The Hall–Kier alpha value is -3.34. The molecule has 2 atom stereocenters. The molecule has 2 unspecified atom stereocenters. The fourth-order valence-corrected chi connectivity index (χ4v) is 5.76. The SMILES string of the molecule is N#Cc1ccc(-c2nc(N3CCC4CNCC4CC3)ncc2-c2ccc3scnc3c2)cc1. The lowest BCUT2D eigenvalue weighted by Gasteiger charge is -2.22. The van der Waals surface area contributed by atoms with Crippen LogP contribution in [0.2, 0.25) is 0 Å². The van der Waals surface area contributed by atoms with Crippen LogP contribution in [0.5, 0.6) is 0 Å². The molecule has 2 aliphatic heterocycles. The topological polar surface area (TPSA) is 77.7 Å². The van der Waals surface area contributed by atoms with Crippen LogP contribution >= 0.6 is 11.3 Å². The largest absolute Gasteiger partial charge is 0.341 e.